The van der Waals surface area contributed by atoms with E-state index in [2.05, 4.69) is 43.4 Å². The molecule has 1 atom stereocenters. The zero-order valence-corrected chi connectivity index (χ0v) is 7.77. The molecule has 2 nitrogen and oxygen atoms in total. The number of rotatable bonds is 1. The smallest absolute Gasteiger partial charge is 0.0918 e. The quantitative estimate of drug-likeness (QED) is 0.573. The average molecular weight is 158 g/mol. The zero-order chi connectivity index (χ0) is 7.72. The van der Waals surface area contributed by atoms with E-state index in [-0.39, 0.29) is 0 Å². The fraction of sp³-hybridized carbons (Fsp3) is 0.714. The molecule has 10 heavy (non-hydrogen) atoms. The molecular weight excluding hydrogens is 144 g/mol. The van der Waals surface area contributed by atoms with Crippen molar-refractivity contribution < 1.29 is 0 Å². The lowest BCUT2D eigenvalue weighted by molar-refractivity contribution is 0.0637. The van der Waals surface area contributed by atoms with Gasteiger partial charge >= 0.3 is 0 Å². The van der Waals surface area contributed by atoms with Crippen LogP contribution in [-0.4, -0.2) is 29.5 Å². The Morgan fingerprint density at radius 2 is 2.20 bits per heavy atom. The van der Waals surface area contributed by atoms with Crippen molar-refractivity contribution in [3.8, 4) is 0 Å². The van der Waals surface area contributed by atoms with E-state index in [0.717, 1.165) is 0 Å². The maximum absolute atomic E-state index is 2.27. The molecule has 0 saturated carbocycles. The van der Waals surface area contributed by atoms with Gasteiger partial charge in [0.05, 0.1) is 5.37 Å². The lowest BCUT2D eigenvalue weighted by atomic mass is 10.5. The lowest BCUT2D eigenvalue weighted by Crippen LogP contribution is -2.37. The van der Waals surface area contributed by atoms with E-state index in [1.165, 1.54) is 5.70 Å². The van der Waals surface area contributed by atoms with Crippen LogP contribution in [0.4, 0.5) is 0 Å². The van der Waals surface area contributed by atoms with Gasteiger partial charge in [-0.3, -0.25) is 5.01 Å². The molecule has 0 amide bonds. The molecule has 0 aliphatic carbocycles. The molecule has 1 unspecified atom stereocenters. The summed E-state index contributed by atoms with van der Waals surface area (Å²) in [5, 5.41) is 7.15. The highest BCUT2D eigenvalue weighted by Gasteiger charge is 2.21. The van der Waals surface area contributed by atoms with Crippen molar-refractivity contribution in [2.45, 2.75) is 19.2 Å². The molecule has 1 aliphatic heterocycles. The monoisotopic (exact) mass is 158 g/mol. The van der Waals surface area contributed by atoms with Gasteiger partial charge in [0.15, 0.2) is 0 Å². The Hall–Kier alpha value is -0.150. The summed E-state index contributed by atoms with van der Waals surface area (Å²) in [6, 6.07) is 0. The second-order valence-electron chi connectivity index (χ2n) is 2.69. The Kier molecular flexibility index (Phi) is 2.26. The number of allylic oxidation sites excluding steroid dienone is 1. The number of hydrazine groups is 1. The minimum absolute atomic E-state index is 0.565. The van der Waals surface area contributed by atoms with Crippen LogP contribution in [0.15, 0.2) is 11.1 Å². The van der Waals surface area contributed by atoms with Crippen LogP contribution in [0.3, 0.4) is 0 Å². The SMILES string of the molecule is CC1=CSC(C)N1N(C)C. The standard InChI is InChI=1S/C7H14N2S/c1-6-5-10-7(2)9(6)8(3)4/h5,7H,1-4H3. The fourth-order valence-electron chi connectivity index (χ4n) is 1.24. The van der Waals surface area contributed by atoms with E-state index in [1.807, 2.05) is 11.8 Å². The molecule has 58 valence electrons. The van der Waals surface area contributed by atoms with Crippen LogP contribution in [0.5, 0.6) is 0 Å². The third-order valence-electron chi connectivity index (χ3n) is 1.57. The normalized spacial score (nSPS) is 25.9. The van der Waals surface area contributed by atoms with Gasteiger partial charge < -0.3 is 0 Å². The van der Waals surface area contributed by atoms with Crippen molar-refractivity contribution >= 4 is 11.8 Å². The van der Waals surface area contributed by atoms with Crippen LogP contribution < -0.4 is 0 Å². The van der Waals surface area contributed by atoms with E-state index >= 15 is 0 Å². The highest BCUT2D eigenvalue weighted by Crippen LogP contribution is 2.30. The Balaban J connectivity index is 2.64. The van der Waals surface area contributed by atoms with Crippen molar-refractivity contribution in [3.05, 3.63) is 11.1 Å². The Bertz CT molecular complexity index is 154. The van der Waals surface area contributed by atoms with Gasteiger partial charge in [-0.25, -0.2) is 5.01 Å². The number of hydrogen-bond donors (Lipinski definition) is 0. The van der Waals surface area contributed by atoms with Gasteiger partial charge in [-0.2, -0.15) is 0 Å². The van der Waals surface area contributed by atoms with Gasteiger partial charge in [0.2, 0.25) is 0 Å². The first-order valence-corrected chi connectivity index (χ1v) is 4.36. The maximum atomic E-state index is 2.27. The van der Waals surface area contributed by atoms with E-state index < -0.39 is 0 Å². The molecule has 0 N–H and O–H groups in total. The van der Waals surface area contributed by atoms with Gasteiger partial charge in [0, 0.05) is 19.8 Å². The van der Waals surface area contributed by atoms with Crippen LogP contribution in [0.1, 0.15) is 13.8 Å². The van der Waals surface area contributed by atoms with Gasteiger partial charge in [0.1, 0.15) is 0 Å². The Labute approximate surface area is 66.8 Å². The largest absolute Gasteiger partial charge is 0.297 e. The lowest BCUT2D eigenvalue weighted by Gasteiger charge is -2.31. The molecule has 1 heterocycles. The second kappa shape index (κ2) is 2.84. The van der Waals surface area contributed by atoms with Gasteiger partial charge in [-0.1, -0.05) is 0 Å². The molecule has 0 aromatic heterocycles. The molecule has 0 fully saturated rings. The summed E-state index contributed by atoms with van der Waals surface area (Å²) < 4.78 is 0. The van der Waals surface area contributed by atoms with Crippen molar-refractivity contribution in [1.29, 1.82) is 0 Å². The van der Waals surface area contributed by atoms with Gasteiger partial charge in [0.25, 0.3) is 0 Å². The fourth-order valence-corrected chi connectivity index (χ4v) is 2.21. The third-order valence-corrected chi connectivity index (χ3v) is 2.64. The molecule has 0 aromatic carbocycles. The van der Waals surface area contributed by atoms with Gasteiger partial charge in [-0.05, 0) is 19.3 Å². The van der Waals surface area contributed by atoms with Crippen LogP contribution in [0.2, 0.25) is 0 Å². The summed E-state index contributed by atoms with van der Waals surface area (Å²) in [6.45, 7) is 4.34. The summed E-state index contributed by atoms with van der Waals surface area (Å²) >= 11 is 1.86. The van der Waals surface area contributed by atoms with Crippen LogP contribution in [-0.2, 0) is 0 Å². The van der Waals surface area contributed by atoms with E-state index in [4.69, 9.17) is 0 Å². The van der Waals surface area contributed by atoms with E-state index in [1.54, 1.807) is 0 Å². The molecular formula is C7H14N2S. The Morgan fingerprint density at radius 3 is 2.40 bits per heavy atom. The van der Waals surface area contributed by atoms with E-state index in [0.29, 0.717) is 5.37 Å². The Morgan fingerprint density at radius 1 is 1.60 bits per heavy atom. The minimum atomic E-state index is 0.565. The molecule has 0 radical (unpaired) electrons. The zero-order valence-electron chi connectivity index (χ0n) is 6.96. The summed E-state index contributed by atoms with van der Waals surface area (Å²) in [5.41, 5.74) is 1.34. The van der Waals surface area contributed by atoms with Crippen LogP contribution >= 0.6 is 11.8 Å². The predicted octanol–water partition coefficient (Wildman–Crippen LogP) is 1.72. The van der Waals surface area contributed by atoms with Gasteiger partial charge in [-0.15, -0.1) is 11.8 Å². The number of hydrogen-bond acceptors (Lipinski definition) is 3. The summed E-state index contributed by atoms with van der Waals surface area (Å²) in [4.78, 5) is 0. The van der Waals surface area contributed by atoms with Crippen molar-refractivity contribution in [1.82, 2.24) is 10.0 Å². The second-order valence-corrected chi connectivity index (χ2v) is 3.88. The molecule has 1 aliphatic rings. The number of thioether (sulfide) groups is 1. The van der Waals surface area contributed by atoms with Crippen molar-refractivity contribution in [3.63, 3.8) is 0 Å². The third kappa shape index (κ3) is 1.30. The minimum Gasteiger partial charge on any atom is -0.297 e. The molecule has 0 aromatic rings. The maximum Gasteiger partial charge on any atom is 0.0918 e. The first-order chi connectivity index (χ1) is 4.63. The molecule has 3 heteroatoms. The van der Waals surface area contributed by atoms with Crippen LogP contribution in [0, 0.1) is 0 Å². The molecule has 1 rings (SSSR count). The molecule has 0 spiro atoms. The summed E-state index contributed by atoms with van der Waals surface area (Å²) in [5.74, 6) is 0. The van der Waals surface area contributed by atoms with Crippen LogP contribution in [0.25, 0.3) is 0 Å². The first-order valence-electron chi connectivity index (χ1n) is 3.41. The molecule has 0 saturated heterocycles. The predicted molar refractivity (Wildman–Crippen MR) is 46.3 cm³/mol. The average Bonchev–Trinajstić information content (AvgIpc) is 2.11. The number of nitrogens with zero attached hydrogens (tertiary/aromatic N) is 2. The summed E-state index contributed by atoms with van der Waals surface area (Å²) in [7, 11) is 4.14. The first kappa shape index (κ1) is 7.95. The van der Waals surface area contributed by atoms with Crippen molar-refractivity contribution in [2.24, 2.45) is 0 Å². The summed E-state index contributed by atoms with van der Waals surface area (Å²) in [6.07, 6.45) is 0. The molecule has 0 bridgehead atoms. The van der Waals surface area contributed by atoms with Crippen molar-refractivity contribution in [2.75, 3.05) is 14.1 Å². The highest BCUT2D eigenvalue weighted by molar-refractivity contribution is 8.02. The topological polar surface area (TPSA) is 6.48 Å². The highest BCUT2D eigenvalue weighted by atomic mass is 32.2. The van der Waals surface area contributed by atoms with E-state index in [9.17, 15) is 0 Å².